The van der Waals surface area contributed by atoms with Crippen LogP contribution in [0.2, 0.25) is 0 Å². The molecule has 1 fully saturated rings. The van der Waals surface area contributed by atoms with E-state index in [1.165, 1.54) is 11.6 Å². The van der Waals surface area contributed by atoms with Gasteiger partial charge >= 0.3 is 11.8 Å². The van der Waals surface area contributed by atoms with E-state index in [1.54, 1.807) is 9.80 Å². The van der Waals surface area contributed by atoms with Crippen LogP contribution in [0, 0.1) is 5.92 Å². The van der Waals surface area contributed by atoms with Crippen molar-refractivity contribution < 1.29 is 14.3 Å². The number of aromatic amines is 2. The van der Waals surface area contributed by atoms with E-state index in [2.05, 4.69) is 15.0 Å². The van der Waals surface area contributed by atoms with Gasteiger partial charge < -0.3 is 19.5 Å². The van der Waals surface area contributed by atoms with Gasteiger partial charge in [-0.3, -0.25) is 19.1 Å². The van der Waals surface area contributed by atoms with Crippen molar-refractivity contribution in [2.24, 2.45) is 13.0 Å². The first kappa shape index (κ1) is 21.6. The zero-order valence-corrected chi connectivity index (χ0v) is 17.6. The molecule has 11 nitrogen and oxygen atoms in total. The number of fused-ring (bicyclic) bond motifs is 1. The van der Waals surface area contributed by atoms with Crippen molar-refractivity contribution in [1.82, 2.24) is 29.3 Å². The van der Waals surface area contributed by atoms with Crippen molar-refractivity contribution in [2.45, 2.75) is 33.1 Å². The third kappa shape index (κ3) is 4.89. The number of aryl methyl sites for hydroxylation is 2. The Bertz CT molecular complexity index is 1040. The minimum absolute atomic E-state index is 0.0457. The topological polar surface area (TPSA) is 133 Å². The van der Waals surface area contributed by atoms with Gasteiger partial charge in [0.25, 0.3) is 5.56 Å². The summed E-state index contributed by atoms with van der Waals surface area (Å²) in [4.78, 5) is 61.1. The van der Waals surface area contributed by atoms with Gasteiger partial charge in [0, 0.05) is 46.1 Å². The van der Waals surface area contributed by atoms with Gasteiger partial charge in [-0.15, -0.1) is 0 Å². The Labute approximate surface area is 173 Å². The van der Waals surface area contributed by atoms with Crippen LogP contribution >= 0.6 is 0 Å². The van der Waals surface area contributed by atoms with E-state index in [1.807, 2.05) is 13.8 Å². The molecule has 2 N–H and O–H groups in total. The van der Waals surface area contributed by atoms with Crippen molar-refractivity contribution in [3.8, 4) is 0 Å². The molecule has 2 aromatic rings. The molecule has 0 radical (unpaired) electrons. The predicted octanol–water partition coefficient (Wildman–Crippen LogP) is 0.209. The van der Waals surface area contributed by atoms with Crippen LogP contribution < -0.4 is 11.2 Å². The predicted molar refractivity (Wildman–Crippen MR) is 109 cm³/mol. The van der Waals surface area contributed by atoms with Crippen LogP contribution in [0.25, 0.3) is 11.2 Å². The Kier molecular flexibility index (Phi) is 6.58. The van der Waals surface area contributed by atoms with Crippen LogP contribution in [0.5, 0.6) is 0 Å². The van der Waals surface area contributed by atoms with Crippen molar-refractivity contribution >= 4 is 23.2 Å². The summed E-state index contributed by atoms with van der Waals surface area (Å²) in [7, 11) is 1.52. The summed E-state index contributed by atoms with van der Waals surface area (Å²) >= 11 is 0. The normalized spacial score (nSPS) is 14.9. The summed E-state index contributed by atoms with van der Waals surface area (Å²) < 4.78 is 6.53. The van der Waals surface area contributed by atoms with Gasteiger partial charge in [0.05, 0.1) is 6.61 Å². The maximum atomic E-state index is 12.6. The number of nitrogens with one attached hydrogen (secondary N) is 2. The number of hydrogen-bond donors (Lipinski definition) is 2. The van der Waals surface area contributed by atoms with Gasteiger partial charge in [-0.25, -0.2) is 14.6 Å². The first-order chi connectivity index (χ1) is 14.3. The van der Waals surface area contributed by atoms with E-state index in [0.29, 0.717) is 51.5 Å². The van der Waals surface area contributed by atoms with Gasteiger partial charge in [-0.1, -0.05) is 13.8 Å². The molecule has 2 aromatic heterocycles. The van der Waals surface area contributed by atoms with Gasteiger partial charge in [0.1, 0.15) is 11.3 Å². The molecule has 1 aliphatic rings. The lowest BCUT2D eigenvalue weighted by Crippen LogP contribution is -2.38. The molecule has 3 heterocycles. The molecule has 0 atom stereocenters. The summed E-state index contributed by atoms with van der Waals surface area (Å²) in [6.45, 7) is 6.35. The molecule has 164 valence electrons. The summed E-state index contributed by atoms with van der Waals surface area (Å²) in [5.74, 6) is 0.699. The Balaban J connectivity index is 1.56. The smallest absolute Gasteiger partial charge is 0.409 e. The number of rotatable bonds is 5. The molecule has 3 rings (SSSR count). The van der Waals surface area contributed by atoms with Crippen molar-refractivity contribution in [3.63, 3.8) is 0 Å². The number of ether oxygens (including phenoxy) is 1. The van der Waals surface area contributed by atoms with Crippen LogP contribution in [0.15, 0.2) is 9.59 Å². The number of H-pyrrole nitrogens is 2. The minimum Gasteiger partial charge on any atom is -0.449 e. The summed E-state index contributed by atoms with van der Waals surface area (Å²) in [6, 6.07) is 0. The molecule has 0 aromatic carbocycles. The first-order valence-corrected chi connectivity index (χ1v) is 10.1. The van der Waals surface area contributed by atoms with Gasteiger partial charge in [-0.05, 0) is 12.3 Å². The van der Waals surface area contributed by atoms with Crippen molar-refractivity contribution in [3.05, 3.63) is 26.7 Å². The summed E-state index contributed by atoms with van der Waals surface area (Å²) in [5.41, 5.74) is -0.598. The minimum atomic E-state index is -0.539. The van der Waals surface area contributed by atoms with Crippen LogP contribution in [0.3, 0.4) is 0 Å². The Morgan fingerprint density at radius 3 is 2.53 bits per heavy atom. The lowest BCUT2D eigenvalue weighted by molar-refractivity contribution is -0.131. The number of nitrogens with zero attached hydrogens (tertiary/aromatic N) is 4. The highest BCUT2D eigenvalue weighted by Crippen LogP contribution is 2.10. The molecule has 2 amide bonds. The molecule has 11 heteroatoms. The maximum Gasteiger partial charge on any atom is 0.409 e. The van der Waals surface area contributed by atoms with Crippen LogP contribution in [0.4, 0.5) is 4.79 Å². The van der Waals surface area contributed by atoms with E-state index in [-0.39, 0.29) is 35.5 Å². The lowest BCUT2D eigenvalue weighted by Gasteiger charge is -2.22. The second kappa shape index (κ2) is 9.14. The van der Waals surface area contributed by atoms with Crippen LogP contribution in [0.1, 0.15) is 32.5 Å². The zero-order valence-electron chi connectivity index (χ0n) is 17.6. The average Bonchev–Trinajstić information content (AvgIpc) is 2.98. The second-order valence-electron chi connectivity index (χ2n) is 7.89. The number of aromatic nitrogens is 4. The number of hydrogen-bond acceptors (Lipinski definition) is 6. The van der Waals surface area contributed by atoms with Crippen LogP contribution in [-0.4, -0.2) is 74.1 Å². The fraction of sp³-hybridized carbons (Fsp3) is 0.632. The third-order valence-electron chi connectivity index (χ3n) is 5.03. The fourth-order valence-electron chi connectivity index (χ4n) is 3.33. The standard InChI is InChI=1S/C19H28N6O5/c1-12(2)11-30-19(29)25-8-4-7-24(9-10-25)14(26)6-5-13-20-15-16(21-13)23(3)18(28)22-17(15)27/h12H,4-11H2,1-3H3,(H,20,21)(H,22,27,28). The van der Waals surface area contributed by atoms with E-state index in [0.717, 1.165) is 0 Å². The average molecular weight is 420 g/mol. The molecular weight excluding hydrogens is 392 g/mol. The maximum absolute atomic E-state index is 12.6. The van der Waals surface area contributed by atoms with Crippen molar-refractivity contribution in [2.75, 3.05) is 32.8 Å². The zero-order chi connectivity index (χ0) is 21.8. The molecule has 0 spiro atoms. The fourth-order valence-corrected chi connectivity index (χ4v) is 3.33. The molecule has 1 saturated heterocycles. The Hall–Kier alpha value is -3.11. The highest BCUT2D eigenvalue weighted by molar-refractivity contribution is 5.77. The number of imidazole rings is 1. The van der Waals surface area contributed by atoms with E-state index < -0.39 is 11.2 Å². The molecular formula is C19H28N6O5. The van der Waals surface area contributed by atoms with Gasteiger partial charge in [-0.2, -0.15) is 0 Å². The van der Waals surface area contributed by atoms with Crippen molar-refractivity contribution in [1.29, 1.82) is 0 Å². The second-order valence-corrected chi connectivity index (χ2v) is 7.89. The quantitative estimate of drug-likeness (QED) is 0.710. The number of carbonyl (C=O) groups excluding carboxylic acids is 2. The highest BCUT2D eigenvalue weighted by Gasteiger charge is 2.23. The Morgan fingerprint density at radius 1 is 1.10 bits per heavy atom. The summed E-state index contributed by atoms with van der Waals surface area (Å²) in [5, 5.41) is 0. The SMILES string of the molecule is CC(C)COC(=O)N1CCCN(C(=O)CCc2nc3c([nH]2)c(=O)[nH]c(=O)n3C)CC1. The molecule has 0 saturated carbocycles. The monoisotopic (exact) mass is 420 g/mol. The van der Waals surface area contributed by atoms with Gasteiger partial charge in [0.15, 0.2) is 5.65 Å². The highest BCUT2D eigenvalue weighted by atomic mass is 16.6. The Morgan fingerprint density at radius 2 is 1.80 bits per heavy atom. The number of amides is 2. The number of carbonyl (C=O) groups is 2. The van der Waals surface area contributed by atoms with E-state index in [9.17, 15) is 19.2 Å². The van der Waals surface area contributed by atoms with E-state index >= 15 is 0 Å². The lowest BCUT2D eigenvalue weighted by atomic mass is 10.2. The van der Waals surface area contributed by atoms with Crippen LogP contribution in [-0.2, 0) is 23.0 Å². The molecule has 1 aliphatic heterocycles. The summed E-state index contributed by atoms with van der Waals surface area (Å²) in [6.07, 6.45) is 0.877. The molecule has 0 unspecified atom stereocenters. The van der Waals surface area contributed by atoms with E-state index in [4.69, 9.17) is 4.74 Å². The molecule has 0 aliphatic carbocycles. The first-order valence-electron chi connectivity index (χ1n) is 10.1. The molecule has 30 heavy (non-hydrogen) atoms. The third-order valence-corrected chi connectivity index (χ3v) is 5.03. The van der Waals surface area contributed by atoms with Gasteiger partial charge in [0.2, 0.25) is 5.91 Å². The molecule has 0 bridgehead atoms. The largest absolute Gasteiger partial charge is 0.449 e.